The third kappa shape index (κ3) is 2.40. The number of nitro benzene ring substituents is 1. The first kappa shape index (κ1) is 11.1. The summed E-state index contributed by atoms with van der Waals surface area (Å²) in [5, 5.41) is 10.5. The highest BCUT2D eigenvalue weighted by molar-refractivity contribution is 5.36. The fourth-order valence-corrected chi connectivity index (χ4v) is 2.37. The Hall–Kier alpha value is -1.38. The molecule has 0 heterocycles. The van der Waals surface area contributed by atoms with Crippen LogP contribution in [0.2, 0.25) is 0 Å². The molecule has 0 N–H and O–H groups in total. The molecule has 2 unspecified atom stereocenters. The average molecular weight is 219 g/mol. The molecule has 0 radical (unpaired) electrons. The topological polar surface area (TPSA) is 43.1 Å². The van der Waals surface area contributed by atoms with E-state index in [-0.39, 0.29) is 10.6 Å². The van der Waals surface area contributed by atoms with Crippen molar-refractivity contribution in [3.8, 4) is 0 Å². The number of nitro groups is 1. The maximum absolute atomic E-state index is 10.5. The highest BCUT2D eigenvalue weighted by atomic mass is 16.6. The van der Waals surface area contributed by atoms with E-state index in [9.17, 15) is 10.1 Å². The minimum Gasteiger partial charge on any atom is -0.258 e. The van der Waals surface area contributed by atoms with E-state index in [4.69, 9.17) is 0 Å². The molecule has 1 saturated carbocycles. The number of nitrogens with zero attached hydrogens (tertiary/aromatic N) is 1. The van der Waals surface area contributed by atoms with E-state index in [1.54, 1.807) is 12.1 Å². The van der Waals surface area contributed by atoms with Gasteiger partial charge in [0.2, 0.25) is 0 Å². The minimum absolute atomic E-state index is 0.185. The summed E-state index contributed by atoms with van der Waals surface area (Å²) < 4.78 is 0. The summed E-state index contributed by atoms with van der Waals surface area (Å²) in [6, 6.07) is 7.03. The lowest BCUT2D eigenvalue weighted by Gasteiger charge is -2.03. The van der Waals surface area contributed by atoms with Crippen molar-refractivity contribution in [1.82, 2.24) is 0 Å². The third-order valence-electron chi connectivity index (χ3n) is 3.23. The van der Waals surface area contributed by atoms with E-state index >= 15 is 0 Å². The zero-order valence-electron chi connectivity index (χ0n) is 9.72. The monoisotopic (exact) mass is 219 g/mol. The van der Waals surface area contributed by atoms with Crippen LogP contribution >= 0.6 is 0 Å². The van der Waals surface area contributed by atoms with E-state index in [0.717, 1.165) is 11.8 Å². The van der Waals surface area contributed by atoms with Crippen LogP contribution < -0.4 is 0 Å². The van der Waals surface area contributed by atoms with Crippen molar-refractivity contribution in [2.75, 3.05) is 0 Å². The zero-order valence-corrected chi connectivity index (χ0v) is 9.72. The van der Waals surface area contributed by atoms with Crippen molar-refractivity contribution in [2.45, 2.75) is 32.6 Å². The lowest BCUT2D eigenvalue weighted by atomic mass is 10.0. The summed E-state index contributed by atoms with van der Waals surface area (Å²) in [6.45, 7) is 4.48. The van der Waals surface area contributed by atoms with Gasteiger partial charge in [-0.2, -0.15) is 0 Å². The standard InChI is InChI=1S/C13H17NO2/c1-9(2)7-11-8-13(11)10-3-5-12(6-4-10)14(15)16/h3-6,9,11,13H,7-8H2,1-2H3. The van der Waals surface area contributed by atoms with Gasteiger partial charge in [0.25, 0.3) is 5.69 Å². The molecule has 1 aliphatic carbocycles. The van der Waals surface area contributed by atoms with Gasteiger partial charge in [-0.25, -0.2) is 0 Å². The van der Waals surface area contributed by atoms with Crippen molar-refractivity contribution < 1.29 is 4.92 Å². The second-order valence-electron chi connectivity index (χ2n) is 5.08. The van der Waals surface area contributed by atoms with Gasteiger partial charge in [-0.15, -0.1) is 0 Å². The molecule has 3 heteroatoms. The fraction of sp³-hybridized carbons (Fsp3) is 0.538. The molecule has 2 atom stereocenters. The molecule has 1 aromatic carbocycles. The Morgan fingerprint density at radius 1 is 1.38 bits per heavy atom. The Labute approximate surface area is 95.6 Å². The summed E-state index contributed by atoms with van der Waals surface area (Å²) in [6.07, 6.45) is 2.51. The SMILES string of the molecule is CC(C)CC1CC1c1ccc([N+](=O)[O-])cc1. The first-order valence-electron chi connectivity index (χ1n) is 5.82. The predicted molar refractivity (Wildman–Crippen MR) is 63.4 cm³/mol. The van der Waals surface area contributed by atoms with Crippen molar-refractivity contribution in [2.24, 2.45) is 11.8 Å². The predicted octanol–water partition coefficient (Wildman–Crippen LogP) is 3.74. The zero-order chi connectivity index (χ0) is 11.7. The second kappa shape index (κ2) is 4.24. The molecule has 16 heavy (non-hydrogen) atoms. The smallest absolute Gasteiger partial charge is 0.258 e. The Balaban J connectivity index is 1.99. The quantitative estimate of drug-likeness (QED) is 0.571. The van der Waals surface area contributed by atoms with Crippen LogP contribution in [0.3, 0.4) is 0 Å². The van der Waals surface area contributed by atoms with E-state index in [1.165, 1.54) is 18.4 Å². The van der Waals surface area contributed by atoms with Gasteiger partial charge in [0.15, 0.2) is 0 Å². The van der Waals surface area contributed by atoms with Crippen molar-refractivity contribution in [1.29, 1.82) is 0 Å². The molecule has 1 fully saturated rings. The maximum atomic E-state index is 10.5. The fourth-order valence-electron chi connectivity index (χ4n) is 2.37. The summed E-state index contributed by atoms with van der Waals surface area (Å²) in [4.78, 5) is 10.2. The van der Waals surface area contributed by atoms with Crippen LogP contribution in [0.1, 0.15) is 38.2 Å². The molecular weight excluding hydrogens is 202 g/mol. The number of rotatable bonds is 4. The maximum Gasteiger partial charge on any atom is 0.269 e. The van der Waals surface area contributed by atoms with Gasteiger partial charge < -0.3 is 0 Å². The van der Waals surface area contributed by atoms with Gasteiger partial charge >= 0.3 is 0 Å². The van der Waals surface area contributed by atoms with E-state index in [1.807, 2.05) is 12.1 Å². The lowest BCUT2D eigenvalue weighted by Crippen LogP contribution is -1.92. The number of hydrogen-bond acceptors (Lipinski definition) is 2. The molecule has 1 aliphatic rings. The van der Waals surface area contributed by atoms with Crippen LogP contribution in [0.4, 0.5) is 5.69 Å². The van der Waals surface area contributed by atoms with Gasteiger partial charge in [-0.05, 0) is 36.2 Å². The number of non-ortho nitro benzene ring substituents is 1. The second-order valence-corrected chi connectivity index (χ2v) is 5.08. The normalized spacial score (nSPS) is 23.4. The molecule has 0 spiro atoms. The van der Waals surface area contributed by atoms with Crippen molar-refractivity contribution >= 4 is 5.69 Å². The van der Waals surface area contributed by atoms with Crippen LogP contribution in [0.5, 0.6) is 0 Å². The first-order valence-corrected chi connectivity index (χ1v) is 5.82. The molecule has 1 aromatic rings. The van der Waals surface area contributed by atoms with Crippen molar-refractivity contribution in [3.05, 3.63) is 39.9 Å². The number of benzene rings is 1. The van der Waals surface area contributed by atoms with E-state index in [0.29, 0.717) is 5.92 Å². The summed E-state index contributed by atoms with van der Waals surface area (Å²) in [7, 11) is 0. The van der Waals surface area contributed by atoms with Crippen LogP contribution in [-0.2, 0) is 0 Å². The molecule has 0 aromatic heterocycles. The molecule has 0 bridgehead atoms. The van der Waals surface area contributed by atoms with E-state index in [2.05, 4.69) is 13.8 Å². The van der Waals surface area contributed by atoms with Crippen LogP contribution in [-0.4, -0.2) is 4.92 Å². The van der Waals surface area contributed by atoms with Crippen molar-refractivity contribution in [3.63, 3.8) is 0 Å². The third-order valence-corrected chi connectivity index (χ3v) is 3.23. The van der Waals surface area contributed by atoms with Gasteiger partial charge in [-0.3, -0.25) is 10.1 Å². The molecular formula is C13H17NO2. The number of hydrogen-bond donors (Lipinski definition) is 0. The van der Waals surface area contributed by atoms with E-state index < -0.39 is 0 Å². The van der Waals surface area contributed by atoms with Gasteiger partial charge in [0, 0.05) is 12.1 Å². The summed E-state index contributed by atoms with van der Waals surface area (Å²) in [5.74, 6) is 2.18. The highest BCUT2D eigenvalue weighted by Crippen LogP contribution is 2.50. The molecule has 0 amide bonds. The van der Waals surface area contributed by atoms with Crippen LogP contribution in [0.15, 0.2) is 24.3 Å². The average Bonchev–Trinajstić information content (AvgIpc) is 2.96. The minimum atomic E-state index is -0.345. The lowest BCUT2D eigenvalue weighted by molar-refractivity contribution is -0.384. The van der Waals surface area contributed by atoms with Gasteiger partial charge in [0.1, 0.15) is 0 Å². The largest absolute Gasteiger partial charge is 0.269 e. The van der Waals surface area contributed by atoms with Crippen LogP contribution in [0, 0.1) is 22.0 Å². The van der Waals surface area contributed by atoms with Gasteiger partial charge in [0.05, 0.1) is 4.92 Å². The first-order chi connectivity index (χ1) is 7.58. The summed E-state index contributed by atoms with van der Waals surface area (Å²) in [5.41, 5.74) is 1.45. The highest BCUT2D eigenvalue weighted by Gasteiger charge is 2.38. The Morgan fingerprint density at radius 3 is 2.50 bits per heavy atom. The molecule has 0 saturated heterocycles. The Bertz CT molecular complexity index is 383. The van der Waals surface area contributed by atoms with Crippen LogP contribution in [0.25, 0.3) is 0 Å². The molecule has 3 nitrogen and oxygen atoms in total. The molecule has 2 rings (SSSR count). The van der Waals surface area contributed by atoms with Gasteiger partial charge in [-0.1, -0.05) is 26.0 Å². The molecule has 86 valence electrons. The summed E-state index contributed by atoms with van der Waals surface area (Å²) >= 11 is 0. The molecule has 0 aliphatic heterocycles. The Morgan fingerprint density at radius 2 is 2.00 bits per heavy atom. The Kier molecular flexibility index (Phi) is 2.95.